The van der Waals surface area contributed by atoms with Crippen LogP contribution in [-0.4, -0.2) is 16.8 Å². The first-order valence-corrected chi connectivity index (χ1v) is 6.56. The van der Waals surface area contributed by atoms with E-state index in [4.69, 9.17) is 4.74 Å². The van der Waals surface area contributed by atoms with Crippen LogP contribution in [0.5, 0.6) is 11.6 Å². The molecule has 1 aromatic carbocycles. The summed E-state index contributed by atoms with van der Waals surface area (Å²) in [5.74, 6) is 0.562. The van der Waals surface area contributed by atoms with E-state index >= 15 is 0 Å². The van der Waals surface area contributed by atoms with Crippen molar-refractivity contribution in [3.8, 4) is 11.6 Å². The number of nitrogens with zero attached hydrogens (tertiary/aromatic N) is 3. The summed E-state index contributed by atoms with van der Waals surface area (Å²) in [4.78, 5) is 11.7. The second-order valence-electron chi connectivity index (χ2n) is 4.48. The van der Waals surface area contributed by atoms with E-state index in [1.165, 1.54) is 10.6 Å². The highest BCUT2D eigenvalue weighted by Crippen LogP contribution is 2.30. The predicted octanol–water partition coefficient (Wildman–Crippen LogP) is 3.31. The molecular formula is C15H17N3O3. The zero-order valence-electron chi connectivity index (χ0n) is 12.2. The lowest BCUT2D eigenvalue weighted by atomic mass is 10.2. The minimum atomic E-state index is -0.254. The van der Waals surface area contributed by atoms with Gasteiger partial charge < -0.3 is 9.84 Å². The van der Waals surface area contributed by atoms with Crippen LogP contribution in [0.4, 0.5) is 11.4 Å². The van der Waals surface area contributed by atoms with Crippen molar-refractivity contribution in [2.24, 2.45) is 10.2 Å². The van der Waals surface area contributed by atoms with Crippen LogP contribution in [0.2, 0.25) is 0 Å². The maximum atomic E-state index is 11.7. The summed E-state index contributed by atoms with van der Waals surface area (Å²) >= 11 is 0. The third-order valence-electron chi connectivity index (χ3n) is 3.10. The molecule has 0 amide bonds. The minimum Gasteiger partial charge on any atom is -0.497 e. The van der Waals surface area contributed by atoms with Gasteiger partial charge in [-0.05, 0) is 43.7 Å². The van der Waals surface area contributed by atoms with Crippen LogP contribution in [0.15, 0.2) is 45.4 Å². The number of azo groups is 1. The number of ether oxygens (including phenoxy) is 1. The van der Waals surface area contributed by atoms with Gasteiger partial charge in [0.25, 0.3) is 5.56 Å². The van der Waals surface area contributed by atoms with E-state index in [-0.39, 0.29) is 11.4 Å². The fourth-order valence-corrected chi connectivity index (χ4v) is 1.93. The Bertz CT molecular complexity index is 718. The second kappa shape index (κ2) is 6.21. The van der Waals surface area contributed by atoms with Crippen LogP contribution in [0.3, 0.4) is 0 Å². The Morgan fingerprint density at radius 2 is 1.90 bits per heavy atom. The number of hydrogen-bond acceptors (Lipinski definition) is 5. The Morgan fingerprint density at radius 3 is 2.48 bits per heavy atom. The van der Waals surface area contributed by atoms with Gasteiger partial charge in [0.2, 0.25) is 5.88 Å². The van der Waals surface area contributed by atoms with Gasteiger partial charge in [-0.2, -0.15) is 5.11 Å². The summed E-state index contributed by atoms with van der Waals surface area (Å²) in [7, 11) is 1.59. The van der Waals surface area contributed by atoms with Crippen molar-refractivity contribution >= 4 is 11.4 Å². The van der Waals surface area contributed by atoms with E-state index in [9.17, 15) is 9.90 Å². The van der Waals surface area contributed by atoms with Crippen LogP contribution in [0, 0.1) is 6.92 Å². The number of hydrogen-bond donors (Lipinski definition) is 1. The number of methoxy groups -OCH3 is 1. The summed E-state index contributed by atoms with van der Waals surface area (Å²) < 4.78 is 6.31. The van der Waals surface area contributed by atoms with Crippen LogP contribution < -0.4 is 10.3 Å². The zero-order chi connectivity index (χ0) is 15.4. The SMILES string of the molecule is CCn1c(O)c(N=Nc2ccc(OC)cc2)c(C)cc1=O. The van der Waals surface area contributed by atoms with Crippen molar-refractivity contribution in [1.29, 1.82) is 0 Å². The van der Waals surface area contributed by atoms with Gasteiger partial charge in [0.1, 0.15) is 11.4 Å². The van der Waals surface area contributed by atoms with Gasteiger partial charge in [0, 0.05) is 12.6 Å². The smallest absolute Gasteiger partial charge is 0.253 e. The van der Waals surface area contributed by atoms with Crippen molar-refractivity contribution in [2.75, 3.05) is 7.11 Å². The molecule has 6 heteroatoms. The molecule has 0 radical (unpaired) electrons. The summed E-state index contributed by atoms with van der Waals surface area (Å²) in [5, 5.41) is 18.2. The normalized spacial score (nSPS) is 11.0. The van der Waals surface area contributed by atoms with Gasteiger partial charge >= 0.3 is 0 Å². The van der Waals surface area contributed by atoms with E-state index in [2.05, 4.69) is 10.2 Å². The van der Waals surface area contributed by atoms with E-state index in [1.54, 1.807) is 45.2 Å². The van der Waals surface area contributed by atoms with Crippen LogP contribution in [0.1, 0.15) is 12.5 Å². The largest absolute Gasteiger partial charge is 0.497 e. The molecule has 2 aromatic rings. The number of pyridine rings is 1. The topological polar surface area (TPSA) is 76.2 Å². The van der Waals surface area contributed by atoms with Gasteiger partial charge in [-0.3, -0.25) is 9.36 Å². The molecule has 1 aromatic heterocycles. The molecule has 1 heterocycles. The van der Waals surface area contributed by atoms with Gasteiger partial charge in [-0.1, -0.05) is 0 Å². The Morgan fingerprint density at radius 1 is 1.24 bits per heavy atom. The van der Waals surface area contributed by atoms with Crippen molar-refractivity contribution in [3.63, 3.8) is 0 Å². The van der Waals surface area contributed by atoms with Crippen molar-refractivity contribution in [2.45, 2.75) is 20.4 Å². The molecule has 6 nitrogen and oxygen atoms in total. The Balaban J connectivity index is 2.38. The molecule has 0 saturated carbocycles. The molecule has 0 aliphatic rings. The predicted molar refractivity (Wildman–Crippen MR) is 79.9 cm³/mol. The molecule has 0 bridgehead atoms. The highest BCUT2D eigenvalue weighted by Gasteiger charge is 2.11. The molecule has 21 heavy (non-hydrogen) atoms. The highest BCUT2D eigenvalue weighted by molar-refractivity contribution is 5.53. The number of benzene rings is 1. The average molecular weight is 287 g/mol. The quantitative estimate of drug-likeness (QED) is 0.876. The third-order valence-corrected chi connectivity index (χ3v) is 3.10. The zero-order valence-corrected chi connectivity index (χ0v) is 12.2. The summed E-state index contributed by atoms with van der Waals surface area (Å²) in [6.45, 7) is 3.86. The lowest BCUT2D eigenvalue weighted by molar-refractivity contribution is 0.412. The molecule has 0 fully saturated rings. The lowest BCUT2D eigenvalue weighted by Crippen LogP contribution is -2.18. The number of aryl methyl sites for hydroxylation is 1. The number of rotatable bonds is 4. The van der Waals surface area contributed by atoms with Gasteiger partial charge in [0.05, 0.1) is 12.8 Å². The monoisotopic (exact) mass is 287 g/mol. The first-order chi connectivity index (χ1) is 10.1. The van der Waals surface area contributed by atoms with Crippen LogP contribution >= 0.6 is 0 Å². The molecule has 0 atom stereocenters. The van der Waals surface area contributed by atoms with Gasteiger partial charge in [-0.15, -0.1) is 5.11 Å². The van der Waals surface area contributed by atoms with Crippen molar-refractivity contribution in [1.82, 2.24) is 4.57 Å². The van der Waals surface area contributed by atoms with Gasteiger partial charge in [-0.25, -0.2) is 0 Å². The molecule has 1 N–H and O–H groups in total. The lowest BCUT2D eigenvalue weighted by Gasteiger charge is -2.09. The van der Waals surface area contributed by atoms with E-state index in [0.29, 0.717) is 23.5 Å². The maximum absolute atomic E-state index is 11.7. The maximum Gasteiger partial charge on any atom is 0.253 e. The number of aromatic nitrogens is 1. The van der Waals surface area contributed by atoms with E-state index in [1.807, 2.05) is 0 Å². The Hall–Kier alpha value is -2.63. The summed E-state index contributed by atoms with van der Waals surface area (Å²) in [5.41, 5.74) is 1.26. The molecule has 0 unspecified atom stereocenters. The number of aromatic hydroxyl groups is 1. The first-order valence-electron chi connectivity index (χ1n) is 6.56. The average Bonchev–Trinajstić information content (AvgIpc) is 2.47. The molecule has 0 aliphatic heterocycles. The third kappa shape index (κ3) is 3.10. The second-order valence-corrected chi connectivity index (χ2v) is 4.48. The van der Waals surface area contributed by atoms with E-state index < -0.39 is 0 Å². The van der Waals surface area contributed by atoms with Gasteiger partial charge in [0.15, 0.2) is 0 Å². The van der Waals surface area contributed by atoms with Crippen LogP contribution in [-0.2, 0) is 6.54 Å². The fraction of sp³-hybridized carbons (Fsp3) is 0.267. The molecule has 0 aliphatic carbocycles. The Labute approximate surface area is 122 Å². The fourth-order valence-electron chi connectivity index (χ4n) is 1.93. The summed E-state index contributed by atoms with van der Waals surface area (Å²) in [6.07, 6.45) is 0. The molecule has 2 rings (SSSR count). The Kier molecular flexibility index (Phi) is 4.37. The molecule has 0 spiro atoms. The molecule has 110 valence electrons. The summed E-state index contributed by atoms with van der Waals surface area (Å²) in [6, 6.07) is 8.49. The van der Waals surface area contributed by atoms with Crippen LogP contribution in [0.25, 0.3) is 0 Å². The van der Waals surface area contributed by atoms with E-state index in [0.717, 1.165) is 5.75 Å². The highest BCUT2D eigenvalue weighted by atomic mass is 16.5. The molecule has 0 saturated heterocycles. The first kappa shape index (κ1) is 14.8. The molecular weight excluding hydrogens is 270 g/mol. The standard InChI is InChI=1S/C15H17N3O3/c1-4-18-13(19)9-10(2)14(15(18)20)17-16-11-5-7-12(21-3)8-6-11/h5-9,20H,4H2,1-3H3. The van der Waals surface area contributed by atoms with Crippen molar-refractivity contribution in [3.05, 3.63) is 46.2 Å². The van der Waals surface area contributed by atoms with Crippen molar-refractivity contribution < 1.29 is 9.84 Å². The minimum absolute atomic E-state index is 0.167.